The number of unbranched alkanes of at least 4 members (excludes halogenated alkanes) is 2. The number of benzene rings is 1. The zero-order valence-electron chi connectivity index (χ0n) is 8.85. The maximum Gasteiger partial charge on any atom is 0.276 e. The Balaban J connectivity index is 2.75. The Morgan fingerprint density at radius 3 is 2.80 bits per heavy atom. The van der Waals surface area contributed by atoms with E-state index in [-0.39, 0.29) is 10.6 Å². The summed E-state index contributed by atoms with van der Waals surface area (Å²) >= 11 is 0. The van der Waals surface area contributed by atoms with E-state index in [4.69, 9.17) is 0 Å². The quantitative estimate of drug-likeness (QED) is 0.417. The molecule has 0 aromatic heterocycles. The summed E-state index contributed by atoms with van der Waals surface area (Å²) in [7, 11) is 0. The van der Waals surface area contributed by atoms with Crippen molar-refractivity contribution in [2.24, 2.45) is 0 Å². The lowest BCUT2D eigenvalue weighted by Gasteiger charge is -1.96. The molecule has 0 aliphatic carbocycles. The molecule has 0 saturated heterocycles. The second-order valence-corrected chi connectivity index (χ2v) is 3.36. The number of nitro benzene ring substituents is 1. The molecule has 1 rings (SSSR count). The predicted octanol–water partition coefficient (Wildman–Crippen LogP) is 3.80. The number of nitrogens with zero attached hydrogens (tertiary/aromatic N) is 1. The topological polar surface area (TPSA) is 43.1 Å². The van der Waals surface area contributed by atoms with E-state index in [1.165, 1.54) is 6.07 Å². The van der Waals surface area contributed by atoms with Crippen molar-refractivity contribution < 1.29 is 4.92 Å². The molecule has 3 nitrogen and oxygen atoms in total. The van der Waals surface area contributed by atoms with Gasteiger partial charge in [0.15, 0.2) is 0 Å². The minimum Gasteiger partial charge on any atom is -0.258 e. The van der Waals surface area contributed by atoms with Crippen molar-refractivity contribution in [1.29, 1.82) is 0 Å². The fraction of sp³-hybridized carbons (Fsp3) is 0.333. The summed E-state index contributed by atoms with van der Waals surface area (Å²) in [4.78, 5) is 10.3. The molecule has 0 unspecified atom stereocenters. The van der Waals surface area contributed by atoms with Crippen molar-refractivity contribution in [3.05, 3.63) is 46.0 Å². The first-order valence-electron chi connectivity index (χ1n) is 5.15. The number of hydrogen-bond donors (Lipinski definition) is 0. The van der Waals surface area contributed by atoms with E-state index in [0.717, 1.165) is 19.3 Å². The summed E-state index contributed by atoms with van der Waals surface area (Å²) in [6.07, 6.45) is 7.06. The van der Waals surface area contributed by atoms with Crippen LogP contribution in [0.15, 0.2) is 30.3 Å². The average molecular weight is 205 g/mol. The van der Waals surface area contributed by atoms with Gasteiger partial charge in [-0.25, -0.2) is 0 Å². The zero-order chi connectivity index (χ0) is 11.1. The summed E-state index contributed by atoms with van der Waals surface area (Å²) in [5.41, 5.74) is 0.851. The van der Waals surface area contributed by atoms with E-state index < -0.39 is 0 Å². The van der Waals surface area contributed by atoms with Crippen molar-refractivity contribution in [1.82, 2.24) is 0 Å². The van der Waals surface area contributed by atoms with E-state index in [1.807, 2.05) is 18.2 Å². The summed E-state index contributed by atoms with van der Waals surface area (Å²) in [5.74, 6) is 0. The Labute approximate surface area is 89.6 Å². The third-order valence-electron chi connectivity index (χ3n) is 2.16. The van der Waals surface area contributed by atoms with Crippen LogP contribution in [-0.4, -0.2) is 4.92 Å². The molecule has 0 fully saturated rings. The molecule has 1 aromatic rings. The Bertz CT molecular complexity index is 358. The van der Waals surface area contributed by atoms with Gasteiger partial charge in [-0.05, 0) is 12.5 Å². The van der Waals surface area contributed by atoms with Gasteiger partial charge in [0, 0.05) is 6.07 Å². The highest BCUT2D eigenvalue weighted by molar-refractivity contribution is 5.60. The van der Waals surface area contributed by atoms with Crippen molar-refractivity contribution in [2.75, 3.05) is 0 Å². The SMILES string of the molecule is CCCC/C=C/c1ccccc1[N+](=O)[O-]. The van der Waals surface area contributed by atoms with Gasteiger partial charge in [-0.2, -0.15) is 0 Å². The van der Waals surface area contributed by atoms with Gasteiger partial charge in [-0.3, -0.25) is 10.1 Å². The fourth-order valence-electron chi connectivity index (χ4n) is 1.33. The molecule has 15 heavy (non-hydrogen) atoms. The van der Waals surface area contributed by atoms with Gasteiger partial charge < -0.3 is 0 Å². The molecule has 0 aliphatic heterocycles. The number of nitro groups is 1. The molecule has 0 heterocycles. The first kappa shape index (κ1) is 11.4. The second kappa shape index (κ2) is 5.96. The largest absolute Gasteiger partial charge is 0.276 e. The van der Waals surface area contributed by atoms with Crippen LogP contribution in [0.2, 0.25) is 0 Å². The highest BCUT2D eigenvalue weighted by atomic mass is 16.6. The van der Waals surface area contributed by atoms with Crippen LogP contribution < -0.4 is 0 Å². The third kappa shape index (κ3) is 3.54. The van der Waals surface area contributed by atoms with Crippen LogP contribution >= 0.6 is 0 Å². The summed E-state index contributed by atoms with van der Waals surface area (Å²) in [6.45, 7) is 2.12. The Morgan fingerprint density at radius 1 is 1.40 bits per heavy atom. The molecule has 1 aromatic carbocycles. The van der Waals surface area contributed by atoms with Crippen molar-refractivity contribution >= 4 is 11.8 Å². The molecule has 0 aliphatic rings. The fourth-order valence-corrected chi connectivity index (χ4v) is 1.33. The maximum atomic E-state index is 10.7. The smallest absolute Gasteiger partial charge is 0.258 e. The van der Waals surface area contributed by atoms with Crippen LogP contribution in [-0.2, 0) is 0 Å². The molecule has 0 radical (unpaired) electrons. The van der Waals surface area contributed by atoms with Crippen molar-refractivity contribution in [2.45, 2.75) is 26.2 Å². The number of hydrogen-bond acceptors (Lipinski definition) is 2. The second-order valence-electron chi connectivity index (χ2n) is 3.36. The van der Waals surface area contributed by atoms with Crippen LogP contribution in [0.5, 0.6) is 0 Å². The van der Waals surface area contributed by atoms with Gasteiger partial charge in [0.2, 0.25) is 0 Å². The minimum atomic E-state index is -0.348. The van der Waals surface area contributed by atoms with Crippen LogP contribution in [0.1, 0.15) is 31.7 Å². The van der Waals surface area contributed by atoms with Crippen molar-refractivity contribution in [3.8, 4) is 0 Å². The van der Waals surface area contributed by atoms with Crippen LogP contribution in [0, 0.1) is 10.1 Å². The van der Waals surface area contributed by atoms with Gasteiger partial charge >= 0.3 is 0 Å². The van der Waals surface area contributed by atoms with Gasteiger partial charge in [0.1, 0.15) is 0 Å². The van der Waals surface area contributed by atoms with E-state index in [9.17, 15) is 10.1 Å². The molecule has 0 amide bonds. The van der Waals surface area contributed by atoms with Crippen LogP contribution in [0.25, 0.3) is 6.08 Å². The molecule has 3 heteroatoms. The normalized spacial score (nSPS) is 10.7. The average Bonchev–Trinajstić information content (AvgIpc) is 2.25. The van der Waals surface area contributed by atoms with E-state index in [2.05, 4.69) is 6.92 Å². The molecule has 0 atom stereocenters. The summed E-state index contributed by atoms with van der Waals surface area (Å²) in [6, 6.07) is 6.79. The van der Waals surface area contributed by atoms with Gasteiger partial charge in [0.05, 0.1) is 10.5 Å². The zero-order valence-corrected chi connectivity index (χ0v) is 8.85. The molecule has 0 spiro atoms. The monoisotopic (exact) mass is 205 g/mol. The van der Waals surface area contributed by atoms with E-state index in [0.29, 0.717) is 5.56 Å². The molecule has 0 N–H and O–H groups in total. The number of para-hydroxylation sites is 1. The lowest BCUT2D eigenvalue weighted by Crippen LogP contribution is -1.90. The first-order valence-corrected chi connectivity index (χ1v) is 5.15. The third-order valence-corrected chi connectivity index (χ3v) is 2.16. The summed E-state index contributed by atoms with van der Waals surface area (Å²) in [5, 5.41) is 10.7. The standard InChI is InChI=1S/C12H15NO2/c1-2-3-4-5-8-11-9-6-7-10-12(11)13(14)15/h5-10H,2-4H2,1H3/b8-5+. The highest BCUT2D eigenvalue weighted by Crippen LogP contribution is 2.19. The van der Waals surface area contributed by atoms with E-state index >= 15 is 0 Å². The minimum absolute atomic E-state index is 0.172. The maximum absolute atomic E-state index is 10.7. The van der Waals surface area contributed by atoms with E-state index in [1.54, 1.807) is 12.1 Å². The molecule has 0 saturated carbocycles. The lowest BCUT2D eigenvalue weighted by molar-refractivity contribution is -0.385. The Kier molecular flexibility index (Phi) is 4.54. The number of rotatable bonds is 5. The molecule has 0 bridgehead atoms. The number of allylic oxidation sites excluding steroid dienone is 1. The lowest BCUT2D eigenvalue weighted by atomic mass is 10.1. The van der Waals surface area contributed by atoms with Gasteiger partial charge in [-0.1, -0.05) is 44.1 Å². The molecular formula is C12H15NO2. The van der Waals surface area contributed by atoms with Crippen LogP contribution in [0.4, 0.5) is 5.69 Å². The predicted molar refractivity (Wildman–Crippen MR) is 61.7 cm³/mol. The Morgan fingerprint density at radius 2 is 2.13 bits per heavy atom. The van der Waals surface area contributed by atoms with Gasteiger partial charge in [0.25, 0.3) is 5.69 Å². The van der Waals surface area contributed by atoms with Crippen LogP contribution in [0.3, 0.4) is 0 Å². The summed E-state index contributed by atoms with van der Waals surface area (Å²) < 4.78 is 0. The molecular weight excluding hydrogens is 190 g/mol. The highest BCUT2D eigenvalue weighted by Gasteiger charge is 2.08. The first-order chi connectivity index (χ1) is 7.25. The van der Waals surface area contributed by atoms with Gasteiger partial charge in [-0.15, -0.1) is 0 Å². The Hall–Kier alpha value is -1.64. The molecule has 80 valence electrons. The van der Waals surface area contributed by atoms with Crippen molar-refractivity contribution in [3.63, 3.8) is 0 Å².